The monoisotopic (exact) mass is 222 g/mol. The lowest BCUT2D eigenvalue weighted by molar-refractivity contribution is -0.384. The highest BCUT2D eigenvalue weighted by Gasteiger charge is 2.20. The van der Waals surface area contributed by atoms with Crippen molar-refractivity contribution in [2.45, 2.75) is 13.3 Å². The Morgan fingerprint density at radius 3 is 3.06 bits per heavy atom. The Kier molecular flexibility index (Phi) is 2.94. The van der Waals surface area contributed by atoms with Gasteiger partial charge in [0.25, 0.3) is 5.69 Å². The van der Waals surface area contributed by atoms with Gasteiger partial charge in [-0.3, -0.25) is 10.1 Å². The van der Waals surface area contributed by atoms with Crippen molar-refractivity contribution >= 4 is 11.4 Å². The third kappa shape index (κ3) is 1.93. The molecule has 0 aliphatic carbocycles. The molecular weight excluding hydrogens is 208 g/mol. The van der Waals surface area contributed by atoms with E-state index < -0.39 is 0 Å². The number of rotatable bonds is 3. The summed E-state index contributed by atoms with van der Waals surface area (Å²) in [5.41, 5.74) is 0.952. The van der Waals surface area contributed by atoms with Gasteiger partial charge in [0.2, 0.25) is 0 Å². The SMILES string of the molecule is CCCN1CCOc2ccc([N+](=O)[O-])cc21. The summed E-state index contributed by atoms with van der Waals surface area (Å²) < 4.78 is 5.47. The van der Waals surface area contributed by atoms with Gasteiger partial charge in [0.05, 0.1) is 17.2 Å². The van der Waals surface area contributed by atoms with Crippen molar-refractivity contribution in [3.63, 3.8) is 0 Å². The minimum absolute atomic E-state index is 0.116. The number of nitrogens with zero attached hydrogens (tertiary/aromatic N) is 2. The molecule has 0 fully saturated rings. The average molecular weight is 222 g/mol. The standard InChI is InChI=1S/C11H14N2O3/c1-2-5-12-6-7-16-11-4-3-9(13(14)15)8-10(11)12/h3-4,8H,2,5-7H2,1H3. The normalized spacial score (nSPS) is 14.2. The molecule has 0 N–H and O–H groups in total. The summed E-state index contributed by atoms with van der Waals surface area (Å²) >= 11 is 0. The predicted octanol–water partition coefficient (Wildman–Crippen LogP) is 2.20. The highest BCUT2D eigenvalue weighted by molar-refractivity contribution is 5.64. The zero-order valence-electron chi connectivity index (χ0n) is 9.18. The largest absolute Gasteiger partial charge is 0.490 e. The van der Waals surface area contributed by atoms with Crippen LogP contribution in [0.3, 0.4) is 0 Å². The van der Waals surface area contributed by atoms with Crippen LogP contribution in [0.4, 0.5) is 11.4 Å². The Bertz CT molecular complexity index is 406. The minimum Gasteiger partial charge on any atom is -0.490 e. The van der Waals surface area contributed by atoms with Crippen molar-refractivity contribution in [1.82, 2.24) is 0 Å². The molecule has 0 spiro atoms. The molecule has 0 unspecified atom stereocenters. The van der Waals surface area contributed by atoms with Gasteiger partial charge in [-0.15, -0.1) is 0 Å². The van der Waals surface area contributed by atoms with E-state index in [-0.39, 0.29) is 10.6 Å². The van der Waals surface area contributed by atoms with Crippen molar-refractivity contribution in [2.24, 2.45) is 0 Å². The lowest BCUT2D eigenvalue weighted by atomic mass is 10.2. The topological polar surface area (TPSA) is 55.6 Å². The molecule has 5 heteroatoms. The van der Waals surface area contributed by atoms with Crippen LogP contribution in [0.25, 0.3) is 0 Å². The van der Waals surface area contributed by atoms with Gasteiger partial charge in [-0.25, -0.2) is 0 Å². The number of hydrogen-bond donors (Lipinski definition) is 0. The fourth-order valence-corrected chi connectivity index (χ4v) is 1.88. The van der Waals surface area contributed by atoms with Crippen LogP contribution in [0.2, 0.25) is 0 Å². The van der Waals surface area contributed by atoms with Gasteiger partial charge in [0.1, 0.15) is 12.4 Å². The highest BCUT2D eigenvalue weighted by atomic mass is 16.6. The number of benzene rings is 1. The number of hydrogen-bond acceptors (Lipinski definition) is 4. The molecular formula is C11H14N2O3. The van der Waals surface area contributed by atoms with Crippen LogP contribution in [0.15, 0.2) is 18.2 Å². The summed E-state index contributed by atoms with van der Waals surface area (Å²) in [7, 11) is 0. The summed E-state index contributed by atoms with van der Waals surface area (Å²) in [6, 6.07) is 4.74. The van der Waals surface area contributed by atoms with Crippen LogP contribution in [0.5, 0.6) is 5.75 Å². The molecule has 16 heavy (non-hydrogen) atoms. The van der Waals surface area contributed by atoms with Crippen LogP contribution >= 0.6 is 0 Å². The number of fused-ring (bicyclic) bond motifs is 1. The van der Waals surface area contributed by atoms with Crippen LogP contribution in [-0.2, 0) is 0 Å². The Labute approximate surface area is 93.8 Å². The summed E-state index contributed by atoms with van der Waals surface area (Å²) in [6.45, 7) is 4.43. The first-order valence-corrected chi connectivity index (χ1v) is 5.38. The van der Waals surface area contributed by atoms with E-state index in [9.17, 15) is 10.1 Å². The number of nitro benzene ring substituents is 1. The number of anilines is 1. The van der Waals surface area contributed by atoms with Gasteiger partial charge < -0.3 is 9.64 Å². The van der Waals surface area contributed by atoms with E-state index in [1.807, 2.05) is 0 Å². The molecule has 1 aliphatic heterocycles. The van der Waals surface area contributed by atoms with E-state index in [4.69, 9.17) is 4.74 Å². The summed E-state index contributed by atoms with van der Waals surface area (Å²) in [4.78, 5) is 12.5. The quantitative estimate of drug-likeness (QED) is 0.581. The molecule has 5 nitrogen and oxygen atoms in total. The lowest BCUT2D eigenvalue weighted by Gasteiger charge is -2.30. The average Bonchev–Trinajstić information content (AvgIpc) is 2.29. The number of non-ortho nitro benzene ring substituents is 1. The van der Waals surface area contributed by atoms with Crippen molar-refractivity contribution < 1.29 is 9.66 Å². The third-order valence-electron chi connectivity index (χ3n) is 2.61. The molecule has 1 aromatic carbocycles. The third-order valence-corrected chi connectivity index (χ3v) is 2.61. The predicted molar refractivity (Wildman–Crippen MR) is 61.1 cm³/mol. The van der Waals surface area contributed by atoms with Crippen LogP contribution in [0, 0.1) is 10.1 Å². The molecule has 0 atom stereocenters. The summed E-state index contributed by atoms with van der Waals surface area (Å²) in [6.07, 6.45) is 1.02. The molecule has 0 saturated carbocycles. The van der Waals surface area contributed by atoms with Gasteiger partial charge in [-0.05, 0) is 12.5 Å². The molecule has 1 aromatic rings. The second-order valence-corrected chi connectivity index (χ2v) is 3.74. The zero-order valence-corrected chi connectivity index (χ0v) is 9.18. The smallest absolute Gasteiger partial charge is 0.271 e. The van der Waals surface area contributed by atoms with Crippen molar-refractivity contribution in [2.75, 3.05) is 24.6 Å². The molecule has 2 rings (SSSR count). The Balaban J connectivity index is 2.36. The Hall–Kier alpha value is -1.78. The van der Waals surface area contributed by atoms with E-state index in [2.05, 4.69) is 11.8 Å². The summed E-state index contributed by atoms with van der Waals surface area (Å²) in [5, 5.41) is 10.7. The van der Waals surface area contributed by atoms with Crippen molar-refractivity contribution in [3.8, 4) is 5.75 Å². The van der Waals surface area contributed by atoms with E-state index in [1.54, 1.807) is 12.1 Å². The molecule has 0 amide bonds. The first-order chi connectivity index (χ1) is 7.72. The number of ether oxygens (including phenoxy) is 1. The van der Waals surface area contributed by atoms with Gasteiger partial charge >= 0.3 is 0 Å². The highest BCUT2D eigenvalue weighted by Crippen LogP contribution is 2.34. The van der Waals surface area contributed by atoms with E-state index in [1.165, 1.54) is 6.07 Å². The molecule has 0 aromatic heterocycles. The van der Waals surface area contributed by atoms with Crippen LogP contribution < -0.4 is 9.64 Å². The fourth-order valence-electron chi connectivity index (χ4n) is 1.88. The number of nitro groups is 1. The van der Waals surface area contributed by atoms with Crippen LogP contribution in [-0.4, -0.2) is 24.6 Å². The van der Waals surface area contributed by atoms with Gasteiger partial charge in [0, 0.05) is 18.7 Å². The van der Waals surface area contributed by atoms with Crippen molar-refractivity contribution in [3.05, 3.63) is 28.3 Å². The zero-order chi connectivity index (χ0) is 11.5. The summed E-state index contributed by atoms with van der Waals surface area (Å²) in [5.74, 6) is 0.741. The van der Waals surface area contributed by atoms with E-state index >= 15 is 0 Å². The van der Waals surface area contributed by atoms with E-state index in [0.29, 0.717) is 6.61 Å². The second kappa shape index (κ2) is 4.38. The maximum atomic E-state index is 10.7. The molecule has 86 valence electrons. The van der Waals surface area contributed by atoms with Gasteiger partial charge in [-0.1, -0.05) is 6.92 Å². The first-order valence-electron chi connectivity index (χ1n) is 5.38. The Morgan fingerprint density at radius 1 is 1.56 bits per heavy atom. The van der Waals surface area contributed by atoms with Crippen LogP contribution in [0.1, 0.15) is 13.3 Å². The second-order valence-electron chi connectivity index (χ2n) is 3.74. The molecule has 0 radical (unpaired) electrons. The molecule has 0 saturated heterocycles. The van der Waals surface area contributed by atoms with Crippen molar-refractivity contribution in [1.29, 1.82) is 0 Å². The van der Waals surface area contributed by atoms with Gasteiger partial charge in [0.15, 0.2) is 0 Å². The maximum Gasteiger partial charge on any atom is 0.271 e. The van der Waals surface area contributed by atoms with Gasteiger partial charge in [-0.2, -0.15) is 0 Å². The Morgan fingerprint density at radius 2 is 2.38 bits per heavy atom. The lowest BCUT2D eigenvalue weighted by Crippen LogP contribution is -2.33. The minimum atomic E-state index is -0.376. The molecule has 1 heterocycles. The maximum absolute atomic E-state index is 10.7. The molecule has 0 bridgehead atoms. The first kappa shape index (κ1) is 10.7. The van der Waals surface area contributed by atoms with E-state index in [0.717, 1.165) is 30.9 Å². The molecule has 1 aliphatic rings. The fraction of sp³-hybridized carbons (Fsp3) is 0.455.